The van der Waals surface area contributed by atoms with Crippen LogP contribution in [0, 0.1) is 0 Å². The molecule has 1 aliphatic heterocycles. The number of ether oxygens (including phenoxy) is 1. The number of amides is 1. The fourth-order valence-corrected chi connectivity index (χ4v) is 3.17. The zero-order valence-corrected chi connectivity index (χ0v) is 11.7. The van der Waals surface area contributed by atoms with Crippen molar-refractivity contribution >= 4 is 33.1 Å². The molecular weight excluding hydrogens is 266 g/mol. The second-order valence-corrected chi connectivity index (χ2v) is 5.21. The molecule has 1 N–H and O–H groups in total. The standard InChI is InChI=1S/C17H13NO3/c1-18-12-7-9-5-3-4-6-10(9)15-14(12)11(17(18)20)8-13(19)16(15)21-2/h3-8,19H,1-2H3. The van der Waals surface area contributed by atoms with Crippen LogP contribution in [-0.2, 0) is 0 Å². The number of carbonyl (C=O) groups excluding carboxylic acids is 1. The van der Waals surface area contributed by atoms with Gasteiger partial charge in [0.25, 0.3) is 5.91 Å². The first kappa shape index (κ1) is 12.0. The van der Waals surface area contributed by atoms with Gasteiger partial charge < -0.3 is 14.7 Å². The second-order valence-electron chi connectivity index (χ2n) is 5.21. The monoisotopic (exact) mass is 279 g/mol. The molecule has 0 saturated carbocycles. The minimum atomic E-state index is -0.108. The predicted octanol–water partition coefficient (Wildman–Crippen LogP) is 3.30. The molecule has 3 aromatic carbocycles. The van der Waals surface area contributed by atoms with E-state index in [0.29, 0.717) is 11.3 Å². The Kier molecular flexibility index (Phi) is 2.22. The lowest BCUT2D eigenvalue weighted by molar-refractivity contribution is 0.0998. The van der Waals surface area contributed by atoms with Crippen molar-refractivity contribution < 1.29 is 14.6 Å². The van der Waals surface area contributed by atoms with Gasteiger partial charge in [0.05, 0.1) is 18.4 Å². The molecule has 0 spiro atoms. The maximum Gasteiger partial charge on any atom is 0.258 e. The molecule has 1 aliphatic rings. The number of methoxy groups -OCH3 is 1. The summed E-state index contributed by atoms with van der Waals surface area (Å²) in [7, 11) is 3.27. The third kappa shape index (κ3) is 1.36. The van der Waals surface area contributed by atoms with Crippen molar-refractivity contribution in [1.82, 2.24) is 0 Å². The highest BCUT2D eigenvalue weighted by molar-refractivity contribution is 6.31. The molecule has 0 atom stereocenters. The molecule has 3 aromatic rings. The lowest BCUT2D eigenvalue weighted by Crippen LogP contribution is -2.20. The van der Waals surface area contributed by atoms with Crippen molar-refractivity contribution in [3.05, 3.63) is 42.0 Å². The van der Waals surface area contributed by atoms with Gasteiger partial charge in [0.2, 0.25) is 0 Å². The van der Waals surface area contributed by atoms with Crippen LogP contribution in [0.3, 0.4) is 0 Å². The quantitative estimate of drug-likeness (QED) is 0.695. The molecule has 21 heavy (non-hydrogen) atoms. The van der Waals surface area contributed by atoms with Crippen LogP contribution < -0.4 is 9.64 Å². The van der Waals surface area contributed by atoms with E-state index >= 15 is 0 Å². The third-order valence-corrected chi connectivity index (χ3v) is 4.14. The van der Waals surface area contributed by atoms with Crippen LogP contribution in [0.15, 0.2) is 36.4 Å². The van der Waals surface area contributed by atoms with E-state index in [-0.39, 0.29) is 11.7 Å². The van der Waals surface area contributed by atoms with E-state index in [1.54, 1.807) is 11.9 Å². The normalized spacial score (nSPS) is 13.4. The lowest BCUT2D eigenvalue weighted by Gasteiger charge is -2.13. The molecule has 0 aliphatic carbocycles. The summed E-state index contributed by atoms with van der Waals surface area (Å²) in [6, 6.07) is 11.4. The first-order valence-corrected chi connectivity index (χ1v) is 6.67. The van der Waals surface area contributed by atoms with Crippen molar-refractivity contribution in [2.45, 2.75) is 0 Å². The summed E-state index contributed by atoms with van der Waals surface area (Å²) < 4.78 is 5.39. The van der Waals surface area contributed by atoms with Crippen LogP contribution in [-0.4, -0.2) is 25.2 Å². The second kappa shape index (κ2) is 3.88. The molecule has 0 radical (unpaired) electrons. The van der Waals surface area contributed by atoms with Gasteiger partial charge in [-0.05, 0) is 22.9 Å². The number of hydrogen-bond acceptors (Lipinski definition) is 3. The molecule has 1 heterocycles. The van der Waals surface area contributed by atoms with Crippen LogP contribution in [0.2, 0.25) is 0 Å². The van der Waals surface area contributed by atoms with Crippen LogP contribution in [0.1, 0.15) is 10.4 Å². The average Bonchev–Trinajstić information content (AvgIpc) is 2.73. The van der Waals surface area contributed by atoms with E-state index in [9.17, 15) is 9.90 Å². The van der Waals surface area contributed by atoms with Gasteiger partial charge >= 0.3 is 0 Å². The largest absolute Gasteiger partial charge is 0.504 e. The molecule has 4 nitrogen and oxygen atoms in total. The van der Waals surface area contributed by atoms with Gasteiger partial charge in [-0.3, -0.25) is 4.79 Å². The molecule has 0 fully saturated rings. The van der Waals surface area contributed by atoms with Gasteiger partial charge in [-0.25, -0.2) is 0 Å². The number of rotatable bonds is 1. The van der Waals surface area contributed by atoms with Crippen LogP contribution in [0.5, 0.6) is 11.5 Å². The van der Waals surface area contributed by atoms with Crippen LogP contribution in [0.25, 0.3) is 21.5 Å². The SMILES string of the molecule is COc1c(O)cc2c3c(cc4ccccc4c13)N(C)C2=O. The maximum atomic E-state index is 12.4. The summed E-state index contributed by atoms with van der Waals surface area (Å²) in [4.78, 5) is 14.0. The van der Waals surface area contributed by atoms with Crippen molar-refractivity contribution in [2.24, 2.45) is 0 Å². The highest BCUT2D eigenvalue weighted by atomic mass is 16.5. The van der Waals surface area contributed by atoms with Crippen LogP contribution >= 0.6 is 0 Å². The number of phenolic OH excluding ortho intramolecular Hbond substituents is 1. The number of benzene rings is 3. The maximum absolute atomic E-state index is 12.4. The molecule has 0 saturated heterocycles. The van der Waals surface area contributed by atoms with Gasteiger partial charge in [0.15, 0.2) is 11.5 Å². The van der Waals surface area contributed by atoms with Gasteiger partial charge in [0.1, 0.15) is 0 Å². The van der Waals surface area contributed by atoms with Crippen molar-refractivity contribution in [3.8, 4) is 11.5 Å². The van der Waals surface area contributed by atoms with Crippen molar-refractivity contribution in [3.63, 3.8) is 0 Å². The molecule has 4 heteroatoms. The third-order valence-electron chi connectivity index (χ3n) is 4.14. The molecule has 104 valence electrons. The molecule has 4 rings (SSSR count). The van der Waals surface area contributed by atoms with Gasteiger partial charge in [-0.1, -0.05) is 24.3 Å². The van der Waals surface area contributed by atoms with E-state index in [4.69, 9.17) is 4.74 Å². The fraction of sp³-hybridized carbons (Fsp3) is 0.118. The summed E-state index contributed by atoms with van der Waals surface area (Å²) >= 11 is 0. The minimum Gasteiger partial charge on any atom is -0.504 e. The van der Waals surface area contributed by atoms with E-state index < -0.39 is 0 Å². The van der Waals surface area contributed by atoms with Gasteiger partial charge in [0, 0.05) is 17.8 Å². The number of fused-ring (bicyclic) bond motifs is 2. The number of anilines is 1. The van der Waals surface area contributed by atoms with Crippen LogP contribution in [0.4, 0.5) is 5.69 Å². The number of hydrogen-bond donors (Lipinski definition) is 1. The zero-order chi connectivity index (χ0) is 14.7. The minimum absolute atomic E-state index is 0.00838. The Morgan fingerprint density at radius 1 is 1.14 bits per heavy atom. The molecule has 0 bridgehead atoms. The number of carbonyl (C=O) groups is 1. The lowest BCUT2D eigenvalue weighted by atomic mass is 9.97. The topological polar surface area (TPSA) is 49.8 Å². The van der Waals surface area contributed by atoms with Crippen molar-refractivity contribution in [2.75, 3.05) is 19.1 Å². The predicted molar refractivity (Wildman–Crippen MR) is 82.4 cm³/mol. The number of aromatic hydroxyl groups is 1. The highest BCUT2D eigenvalue weighted by Crippen LogP contribution is 2.48. The fourth-order valence-electron chi connectivity index (χ4n) is 3.17. The first-order chi connectivity index (χ1) is 10.1. The smallest absolute Gasteiger partial charge is 0.258 e. The van der Waals surface area contributed by atoms with E-state index in [0.717, 1.165) is 27.2 Å². The summed E-state index contributed by atoms with van der Waals surface area (Å²) in [5.41, 5.74) is 1.37. The number of phenols is 1. The molecule has 0 aromatic heterocycles. The first-order valence-electron chi connectivity index (χ1n) is 6.67. The van der Waals surface area contributed by atoms with Gasteiger partial charge in [-0.2, -0.15) is 0 Å². The Morgan fingerprint density at radius 2 is 1.90 bits per heavy atom. The van der Waals surface area contributed by atoms with Gasteiger partial charge in [-0.15, -0.1) is 0 Å². The van der Waals surface area contributed by atoms with E-state index in [1.807, 2.05) is 30.3 Å². The van der Waals surface area contributed by atoms with E-state index in [1.165, 1.54) is 13.2 Å². The molecular formula is C17H13NO3. The summed E-state index contributed by atoms with van der Waals surface area (Å²) in [5, 5.41) is 13.8. The Bertz CT molecular complexity index is 930. The van der Waals surface area contributed by atoms with E-state index in [2.05, 4.69) is 0 Å². The highest BCUT2D eigenvalue weighted by Gasteiger charge is 2.31. The summed E-state index contributed by atoms with van der Waals surface area (Å²) in [6.07, 6.45) is 0. The molecule has 1 amide bonds. The Balaban J connectivity index is 2.36. The molecule has 0 unspecified atom stereocenters. The summed E-state index contributed by atoms with van der Waals surface area (Å²) in [6.45, 7) is 0. The number of nitrogens with zero attached hydrogens (tertiary/aromatic N) is 1. The Labute approximate surface area is 121 Å². The Morgan fingerprint density at radius 3 is 2.67 bits per heavy atom. The summed E-state index contributed by atoms with van der Waals surface area (Å²) in [5.74, 6) is 0.295. The Hall–Kier alpha value is -2.75. The zero-order valence-electron chi connectivity index (χ0n) is 11.7. The average molecular weight is 279 g/mol. The van der Waals surface area contributed by atoms with Crippen molar-refractivity contribution in [1.29, 1.82) is 0 Å².